The predicted molar refractivity (Wildman–Crippen MR) is 93.0 cm³/mol. The number of urea groups is 1. The predicted octanol–water partition coefficient (Wildman–Crippen LogP) is 3.15. The summed E-state index contributed by atoms with van der Waals surface area (Å²) in [6, 6.07) is 17.3. The summed E-state index contributed by atoms with van der Waals surface area (Å²) in [5.41, 5.74) is 2.87. The molecule has 0 saturated carbocycles. The van der Waals surface area contributed by atoms with Gasteiger partial charge in [-0.05, 0) is 30.2 Å². The van der Waals surface area contributed by atoms with Crippen LogP contribution in [0, 0.1) is 0 Å². The molecule has 2 amide bonds. The maximum Gasteiger partial charge on any atom is 0.319 e. The maximum absolute atomic E-state index is 12.1. The van der Waals surface area contributed by atoms with Crippen molar-refractivity contribution in [2.24, 2.45) is 0 Å². The van der Waals surface area contributed by atoms with Gasteiger partial charge in [0.1, 0.15) is 6.33 Å². The van der Waals surface area contributed by atoms with Gasteiger partial charge in [-0.25, -0.2) is 4.79 Å². The quantitative estimate of drug-likeness (QED) is 0.758. The number of carbonyl (C=O) groups is 1. The minimum Gasteiger partial charge on any atom is -0.331 e. The van der Waals surface area contributed by atoms with Crippen molar-refractivity contribution in [1.82, 2.24) is 20.1 Å². The monoisotopic (exact) mass is 321 g/mol. The molecule has 0 radical (unpaired) electrons. The Kier molecular flexibility index (Phi) is 4.86. The topological polar surface area (TPSA) is 71.8 Å². The van der Waals surface area contributed by atoms with E-state index in [-0.39, 0.29) is 12.6 Å². The summed E-state index contributed by atoms with van der Waals surface area (Å²) in [4.78, 5) is 12.1. The van der Waals surface area contributed by atoms with Crippen molar-refractivity contribution >= 4 is 11.7 Å². The summed E-state index contributed by atoms with van der Waals surface area (Å²) in [5.74, 6) is 0.667. The number of anilines is 1. The second kappa shape index (κ2) is 7.41. The van der Waals surface area contributed by atoms with Gasteiger partial charge in [-0.1, -0.05) is 43.3 Å². The molecule has 24 heavy (non-hydrogen) atoms. The molecule has 122 valence electrons. The van der Waals surface area contributed by atoms with Gasteiger partial charge in [-0.3, -0.25) is 4.57 Å². The molecule has 3 aromatic rings. The lowest BCUT2D eigenvalue weighted by atomic mass is 10.1. The van der Waals surface area contributed by atoms with Crippen molar-refractivity contribution < 1.29 is 4.79 Å². The summed E-state index contributed by atoms with van der Waals surface area (Å²) in [6.07, 6.45) is 2.50. The van der Waals surface area contributed by atoms with E-state index in [4.69, 9.17) is 0 Å². The third-order valence-electron chi connectivity index (χ3n) is 3.71. The van der Waals surface area contributed by atoms with E-state index in [1.54, 1.807) is 6.33 Å². The fourth-order valence-electron chi connectivity index (χ4n) is 2.46. The first-order valence-corrected chi connectivity index (χ1v) is 7.85. The van der Waals surface area contributed by atoms with Crippen molar-refractivity contribution in [1.29, 1.82) is 0 Å². The van der Waals surface area contributed by atoms with E-state index < -0.39 is 0 Å². The van der Waals surface area contributed by atoms with Crippen LogP contribution in [-0.2, 0) is 13.0 Å². The van der Waals surface area contributed by atoms with Crippen molar-refractivity contribution in [3.05, 3.63) is 72.3 Å². The molecule has 0 saturated heterocycles. The van der Waals surface area contributed by atoms with Crippen LogP contribution in [0.3, 0.4) is 0 Å². The SMILES string of the molecule is CCc1ccccc1NC(=O)NCc1nncn1-c1ccccc1. The molecule has 0 spiro atoms. The van der Waals surface area contributed by atoms with E-state index in [2.05, 4.69) is 27.8 Å². The summed E-state index contributed by atoms with van der Waals surface area (Å²) < 4.78 is 1.85. The van der Waals surface area contributed by atoms with Gasteiger partial charge >= 0.3 is 6.03 Å². The third-order valence-corrected chi connectivity index (χ3v) is 3.71. The Morgan fingerprint density at radius 2 is 1.83 bits per heavy atom. The fraction of sp³-hybridized carbons (Fsp3) is 0.167. The van der Waals surface area contributed by atoms with Gasteiger partial charge in [0.2, 0.25) is 0 Å². The van der Waals surface area contributed by atoms with Gasteiger partial charge in [-0.15, -0.1) is 10.2 Å². The van der Waals surface area contributed by atoms with Crippen LogP contribution in [0.5, 0.6) is 0 Å². The zero-order valence-corrected chi connectivity index (χ0v) is 13.4. The average molecular weight is 321 g/mol. The Morgan fingerprint density at radius 1 is 1.08 bits per heavy atom. The number of nitrogens with one attached hydrogen (secondary N) is 2. The molecule has 0 fully saturated rings. The number of aryl methyl sites for hydroxylation is 1. The zero-order chi connectivity index (χ0) is 16.8. The largest absolute Gasteiger partial charge is 0.331 e. The lowest BCUT2D eigenvalue weighted by Crippen LogP contribution is -2.29. The van der Waals surface area contributed by atoms with E-state index in [0.29, 0.717) is 5.82 Å². The normalized spacial score (nSPS) is 10.4. The number of hydrogen-bond acceptors (Lipinski definition) is 3. The zero-order valence-electron chi connectivity index (χ0n) is 13.4. The van der Waals surface area contributed by atoms with Gasteiger partial charge in [0.15, 0.2) is 5.82 Å². The van der Waals surface area contributed by atoms with E-state index in [1.165, 1.54) is 0 Å². The molecular formula is C18H19N5O. The molecule has 1 aromatic heterocycles. The lowest BCUT2D eigenvalue weighted by molar-refractivity contribution is 0.251. The van der Waals surface area contributed by atoms with Gasteiger partial charge in [0, 0.05) is 11.4 Å². The van der Waals surface area contributed by atoms with E-state index >= 15 is 0 Å². The lowest BCUT2D eigenvalue weighted by Gasteiger charge is -2.11. The number of hydrogen-bond donors (Lipinski definition) is 2. The molecule has 0 atom stereocenters. The molecule has 1 heterocycles. The summed E-state index contributed by atoms with van der Waals surface area (Å²) in [5, 5.41) is 13.7. The van der Waals surface area contributed by atoms with Crippen LogP contribution in [0.25, 0.3) is 5.69 Å². The number of rotatable bonds is 5. The molecule has 0 unspecified atom stereocenters. The average Bonchev–Trinajstić information content (AvgIpc) is 3.10. The third kappa shape index (κ3) is 3.60. The van der Waals surface area contributed by atoms with Crippen molar-refractivity contribution in [3.8, 4) is 5.69 Å². The Bertz CT molecular complexity index is 813. The number of para-hydroxylation sites is 2. The fourth-order valence-corrected chi connectivity index (χ4v) is 2.46. The number of nitrogens with zero attached hydrogens (tertiary/aromatic N) is 3. The summed E-state index contributed by atoms with van der Waals surface area (Å²) >= 11 is 0. The van der Waals surface area contributed by atoms with Crippen LogP contribution in [0.4, 0.5) is 10.5 Å². The maximum atomic E-state index is 12.1. The molecule has 0 aliphatic carbocycles. The number of carbonyl (C=O) groups excluding carboxylic acids is 1. The van der Waals surface area contributed by atoms with E-state index in [9.17, 15) is 4.79 Å². The van der Waals surface area contributed by atoms with Crippen LogP contribution in [-0.4, -0.2) is 20.8 Å². The van der Waals surface area contributed by atoms with Crippen molar-refractivity contribution in [2.45, 2.75) is 19.9 Å². The Morgan fingerprint density at radius 3 is 2.62 bits per heavy atom. The van der Waals surface area contributed by atoms with Gasteiger partial charge in [-0.2, -0.15) is 0 Å². The van der Waals surface area contributed by atoms with E-state index in [1.807, 2.05) is 59.2 Å². The van der Waals surface area contributed by atoms with Gasteiger partial charge in [0.25, 0.3) is 0 Å². The van der Waals surface area contributed by atoms with Crippen molar-refractivity contribution in [3.63, 3.8) is 0 Å². The van der Waals surface area contributed by atoms with Gasteiger partial charge < -0.3 is 10.6 Å². The molecule has 2 aromatic carbocycles. The highest BCUT2D eigenvalue weighted by Gasteiger charge is 2.09. The summed E-state index contributed by atoms with van der Waals surface area (Å²) in [7, 11) is 0. The smallest absolute Gasteiger partial charge is 0.319 e. The van der Waals surface area contributed by atoms with Crippen LogP contribution >= 0.6 is 0 Å². The molecular weight excluding hydrogens is 302 g/mol. The van der Waals surface area contributed by atoms with Gasteiger partial charge in [0.05, 0.1) is 6.54 Å². The van der Waals surface area contributed by atoms with Crippen LogP contribution in [0.2, 0.25) is 0 Å². The standard InChI is InChI=1S/C18H19N5O/c1-2-14-8-6-7-11-16(14)21-18(24)19-12-17-22-20-13-23(17)15-9-4-3-5-10-15/h3-11,13H,2,12H2,1H3,(H2,19,21,24). The highest BCUT2D eigenvalue weighted by molar-refractivity contribution is 5.90. The van der Waals surface area contributed by atoms with Crippen molar-refractivity contribution in [2.75, 3.05) is 5.32 Å². The summed E-state index contributed by atoms with van der Waals surface area (Å²) in [6.45, 7) is 2.34. The van der Waals surface area contributed by atoms with Crippen LogP contribution in [0.15, 0.2) is 60.9 Å². The van der Waals surface area contributed by atoms with Crippen LogP contribution in [0.1, 0.15) is 18.3 Å². The minimum absolute atomic E-state index is 0.265. The highest BCUT2D eigenvalue weighted by Crippen LogP contribution is 2.15. The number of benzene rings is 2. The first-order valence-electron chi connectivity index (χ1n) is 7.85. The molecule has 0 bridgehead atoms. The molecule has 6 heteroatoms. The second-order valence-electron chi connectivity index (χ2n) is 5.27. The minimum atomic E-state index is -0.265. The molecule has 0 aliphatic heterocycles. The number of aromatic nitrogens is 3. The molecule has 6 nitrogen and oxygen atoms in total. The first-order chi connectivity index (χ1) is 11.8. The molecule has 2 N–H and O–H groups in total. The molecule has 3 rings (SSSR count). The van der Waals surface area contributed by atoms with E-state index in [0.717, 1.165) is 23.4 Å². The second-order valence-corrected chi connectivity index (χ2v) is 5.27. The Hall–Kier alpha value is -3.15. The van der Waals surface area contributed by atoms with Crippen LogP contribution < -0.4 is 10.6 Å². The Balaban J connectivity index is 1.64. The first kappa shape index (κ1) is 15.7. The number of amides is 2. The highest BCUT2D eigenvalue weighted by atomic mass is 16.2. The Labute approximate surface area is 140 Å². The molecule has 0 aliphatic rings.